The summed E-state index contributed by atoms with van der Waals surface area (Å²) in [6.07, 6.45) is 0. The van der Waals surface area contributed by atoms with Gasteiger partial charge in [-0.1, -0.05) is 0 Å². The lowest BCUT2D eigenvalue weighted by Crippen LogP contribution is -2.40. The van der Waals surface area contributed by atoms with Crippen molar-refractivity contribution in [2.75, 3.05) is 14.2 Å². The van der Waals surface area contributed by atoms with Gasteiger partial charge in [0.1, 0.15) is 11.9 Å². The molecule has 0 spiro atoms. The summed E-state index contributed by atoms with van der Waals surface area (Å²) in [7, 11) is -2.06. The topological polar surface area (TPSA) is 101 Å². The van der Waals surface area contributed by atoms with Crippen molar-refractivity contribution in [1.82, 2.24) is 4.31 Å². The van der Waals surface area contributed by atoms with Gasteiger partial charge in [-0.15, -0.1) is 0 Å². The number of benzene rings is 1. The van der Waals surface area contributed by atoms with E-state index in [0.29, 0.717) is 10.4 Å². The molecule has 1 atom stereocenters. The highest BCUT2D eigenvalue weighted by Crippen LogP contribution is 2.20. The number of esters is 1. The van der Waals surface area contributed by atoms with Crippen molar-refractivity contribution in [1.29, 1.82) is 0 Å². The Morgan fingerprint density at radius 2 is 1.95 bits per heavy atom. The molecule has 0 aliphatic rings. The molecule has 1 N–H and O–H groups in total. The SMILES string of the molecule is COC(=O)c1ccc(S(=O)(=O)N(C)[C@@H](C)C(=O)O)cc1F. The molecule has 116 valence electrons. The van der Waals surface area contributed by atoms with Gasteiger partial charge in [0.25, 0.3) is 0 Å². The number of carboxylic acid groups (broad SMARTS) is 1. The van der Waals surface area contributed by atoms with E-state index in [0.717, 1.165) is 26.3 Å². The zero-order valence-electron chi connectivity index (χ0n) is 11.5. The molecule has 1 aromatic rings. The van der Waals surface area contributed by atoms with Crippen LogP contribution in [0.2, 0.25) is 0 Å². The van der Waals surface area contributed by atoms with Gasteiger partial charge in [-0.2, -0.15) is 4.31 Å². The van der Waals surface area contributed by atoms with Crippen molar-refractivity contribution in [3.05, 3.63) is 29.6 Å². The highest BCUT2D eigenvalue weighted by molar-refractivity contribution is 7.89. The molecule has 0 aliphatic heterocycles. The predicted octanol–water partition coefficient (Wildman–Crippen LogP) is 0.706. The van der Waals surface area contributed by atoms with Crippen molar-refractivity contribution in [2.24, 2.45) is 0 Å². The molecule has 21 heavy (non-hydrogen) atoms. The summed E-state index contributed by atoms with van der Waals surface area (Å²) < 4.78 is 43.0. The monoisotopic (exact) mass is 319 g/mol. The van der Waals surface area contributed by atoms with Gasteiger partial charge in [0, 0.05) is 7.05 Å². The molecule has 1 aromatic carbocycles. The Morgan fingerprint density at radius 3 is 2.38 bits per heavy atom. The Balaban J connectivity index is 3.25. The Labute approximate surface area is 121 Å². The number of hydrogen-bond acceptors (Lipinski definition) is 5. The number of halogens is 1. The van der Waals surface area contributed by atoms with Crippen molar-refractivity contribution < 1.29 is 32.2 Å². The number of ether oxygens (including phenoxy) is 1. The zero-order chi connectivity index (χ0) is 16.4. The van der Waals surface area contributed by atoms with Crippen molar-refractivity contribution in [2.45, 2.75) is 17.9 Å². The molecule has 0 fully saturated rings. The van der Waals surface area contributed by atoms with E-state index in [9.17, 15) is 22.4 Å². The first-order valence-electron chi connectivity index (χ1n) is 5.71. The number of carbonyl (C=O) groups is 2. The molecule has 1 rings (SSSR count). The van der Waals surface area contributed by atoms with E-state index >= 15 is 0 Å². The van der Waals surface area contributed by atoms with Crippen molar-refractivity contribution >= 4 is 22.0 Å². The summed E-state index contributed by atoms with van der Waals surface area (Å²) in [5.41, 5.74) is -0.412. The van der Waals surface area contributed by atoms with Crippen molar-refractivity contribution in [3.63, 3.8) is 0 Å². The van der Waals surface area contributed by atoms with Crippen LogP contribution in [0.15, 0.2) is 23.1 Å². The van der Waals surface area contributed by atoms with Gasteiger partial charge in [-0.05, 0) is 25.1 Å². The highest BCUT2D eigenvalue weighted by atomic mass is 32.2. The fourth-order valence-corrected chi connectivity index (χ4v) is 2.79. The lowest BCUT2D eigenvalue weighted by molar-refractivity contribution is -0.140. The minimum atomic E-state index is -4.19. The van der Waals surface area contributed by atoms with Gasteiger partial charge in [-0.25, -0.2) is 17.6 Å². The number of methoxy groups -OCH3 is 1. The molecule has 0 saturated carbocycles. The minimum Gasteiger partial charge on any atom is -0.480 e. The average Bonchev–Trinajstić information content (AvgIpc) is 2.44. The summed E-state index contributed by atoms with van der Waals surface area (Å²) in [5, 5.41) is 8.82. The molecule has 0 unspecified atom stereocenters. The standard InChI is InChI=1S/C12H14FNO6S/c1-7(11(15)16)14(2)21(18,19)8-4-5-9(10(13)6-8)12(17)20-3/h4-7H,1-3H3,(H,15,16)/t7-/m0/s1. The fraction of sp³-hybridized carbons (Fsp3) is 0.333. The molecule has 0 saturated heterocycles. The second kappa shape index (κ2) is 6.19. The van der Waals surface area contributed by atoms with E-state index in [1.54, 1.807) is 0 Å². The summed E-state index contributed by atoms with van der Waals surface area (Å²) in [6.45, 7) is 1.18. The highest BCUT2D eigenvalue weighted by Gasteiger charge is 2.30. The summed E-state index contributed by atoms with van der Waals surface area (Å²) in [5.74, 6) is -3.35. The van der Waals surface area contributed by atoms with Crippen LogP contribution in [0.1, 0.15) is 17.3 Å². The van der Waals surface area contributed by atoms with Gasteiger partial charge in [0.15, 0.2) is 0 Å². The molecular formula is C12H14FNO6S. The lowest BCUT2D eigenvalue weighted by atomic mass is 10.2. The van der Waals surface area contributed by atoms with Gasteiger partial charge in [0.2, 0.25) is 10.0 Å². The summed E-state index contributed by atoms with van der Waals surface area (Å²) in [4.78, 5) is 21.6. The van der Waals surface area contributed by atoms with Crippen molar-refractivity contribution in [3.8, 4) is 0 Å². The van der Waals surface area contributed by atoms with E-state index < -0.39 is 44.3 Å². The van der Waals surface area contributed by atoms with Crippen LogP contribution in [0.3, 0.4) is 0 Å². The number of likely N-dealkylation sites (N-methyl/N-ethyl adjacent to an activating group) is 1. The molecule has 0 aliphatic carbocycles. The first-order chi connectivity index (χ1) is 9.62. The van der Waals surface area contributed by atoms with Crippen LogP contribution in [-0.4, -0.2) is 50.0 Å². The van der Waals surface area contributed by atoms with Crippen LogP contribution in [-0.2, 0) is 19.6 Å². The number of aliphatic carboxylic acids is 1. The molecular weight excluding hydrogens is 305 g/mol. The van der Waals surface area contributed by atoms with Crippen LogP contribution < -0.4 is 0 Å². The maximum atomic E-state index is 13.7. The summed E-state index contributed by atoms with van der Waals surface area (Å²) in [6, 6.07) is 1.30. The Kier molecular flexibility index (Phi) is 5.02. The lowest BCUT2D eigenvalue weighted by Gasteiger charge is -2.21. The molecule has 7 nitrogen and oxygen atoms in total. The molecule has 0 bridgehead atoms. The maximum absolute atomic E-state index is 13.7. The predicted molar refractivity (Wildman–Crippen MR) is 69.8 cm³/mol. The van der Waals surface area contributed by atoms with Gasteiger partial charge in [-0.3, -0.25) is 4.79 Å². The third-order valence-electron chi connectivity index (χ3n) is 2.93. The Bertz CT molecular complexity index is 672. The maximum Gasteiger partial charge on any atom is 0.340 e. The number of carboxylic acids is 1. The van der Waals surface area contributed by atoms with E-state index in [1.165, 1.54) is 6.92 Å². The zero-order valence-corrected chi connectivity index (χ0v) is 12.3. The third-order valence-corrected chi connectivity index (χ3v) is 4.85. The first-order valence-corrected chi connectivity index (χ1v) is 7.15. The smallest absolute Gasteiger partial charge is 0.340 e. The molecule has 9 heteroatoms. The van der Waals surface area contributed by atoms with E-state index in [2.05, 4.69) is 4.74 Å². The first kappa shape index (κ1) is 17.1. The Hall–Kier alpha value is -2.00. The number of carbonyl (C=O) groups excluding carboxylic acids is 1. The van der Waals surface area contributed by atoms with Crippen LogP contribution in [0.4, 0.5) is 4.39 Å². The molecule has 0 aromatic heterocycles. The Morgan fingerprint density at radius 1 is 1.38 bits per heavy atom. The van der Waals surface area contributed by atoms with Crippen LogP contribution >= 0.6 is 0 Å². The molecule has 0 amide bonds. The number of sulfonamides is 1. The van der Waals surface area contributed by atoms with Gasteiger partial charge >= 0.3 is 11.9 Å². The van der Waals surface area contributed by atoms with E-state index in [1.807, 2.05) is 0 Å². The second-order valence-electron chi connectivity index (χ2n) is 4.17. The van der Waals surface area contributed by atoms with Gasteiger partial charge in [0.05, 0.1) is 17.6 Å². The van der Waals surface area contributed by atoms with E-state index in [-0.39, 0.29) is 0 Å². The van der Waals surface area contributed by atoms with Crippen LogP contribution in [0, 0.1) is 5.82 Å². The van der Waals surface area contributed by atoms with Crippen LogP contribution in [0.25, 0.3) is 0 Å². The largest absolute Gasteiger partial charge is 0.480 e. The van der Waals surface area contributed by atoms with E-state index in [4.69, 9.17) is 5.11 Å². The molecule has 0 heterocycles. The van der Waals surface area contributed by atoms with Gasteiger partial charge < -0.3 is 9.84 Å². The average molecular weight is 319 g/mol. The number of rotatable bonds is 5. The number of hydrogen-bond donors (Lipinski definition) is 1. The number of nitrogens with zero attached hydrogens (tertiary/aromatic N) is 1. The normalized spacial score (nSPS) is 13.0. The fourth-order valence-electron chi connectivity index (χ4n) is 1.46. The third kappa shape index (κ3) is 3.37. The summed E-state index contributed by atoms with van der Waals surface area (Å²) >= 11 is 0. The quantitative estimate of drug-likeness (QED) is 0.802. The van der Waals surface area contributed by atoms with Crippen LogP contribution in [0.5, 0.6) is 0 Å². The minimum absolute atomic E-state index is 0.412. The second-order valence-corrected chi connectivity index (χ2v) is 6.17. The molecule has 0 radical (unpaired) electrons.